The van der Waals surface area contributed by atoms with Crippen molar-refractivity contribution in [1.82, 2.24) is 9.62 Å². The predicted octanol–water partition coefficient (Wildman–Crippen LogP) is 1.13. The van der Waals surface area contributed by atoms with Crippen molar-refractivity contribution in [3.05, 3.63) is 54.6 Å². The predicted molar refractivity (Wildman–Crippen MR) is 101 cm³/mol. The third kappa shape index (κ3) is 4.94. The normalized spacial score (nSPS) is 16.3. The second-order valence-corrected chi connectivity index (χ2v) is 9.86. The molecule has 0 atom stereocenters. The Balaban J connectivity index is 1.74. The summed E-state index contributed by atoms with van der Waals surface area (Å²) in [5, 5.41) is 0. The second kappa shape index (κ2) is 8.49. The van der Waals surface area contributed by atoms with Gasteiger partial charge in [0.2, 0.25) is 19.9 Å². The molecule has 1 aliphatic heterocycles. The number of nitrogens with zero attached hydrogens (tertiary/aromatic N) is 1. The summed E-state index contributed by atoms with van der Waals surface area (Å²) >= 11 is 0. The lowest BCUT2D eigenvalue weighted by Crippen LogP contribution is -2.41. The average molecular weight is 411 g/mol. The van der Waals surface area contributed by atoms with Crippen LogP contribution in [0.15, 0.2) is 69.3 Å². The van der Waals surface area contributed by atoms with Crippen LogP contribution in [0.3, 0.4) is 0 Å². The van der Waals surface area contributed by atoms with Gasteiger partial charge in [-0.05, 0) is 30.3 Å². The molecule has 1 saturated heterocycles. The van der Waals surface area contributed by atoms with Gasteiger partial charge < -0.3 is 4.74 Å². The number of ether oxygens (including phenoxy) is 1. The van der Waals surface area contributed by atoms with Crippen LogP contribution in [-0.4, -0.2) is 61.1 Å². The summed E-state index contributed by atoms with van der Waals surface area (Å²) in [7, 11) is -7.57. The van der Waals surface area contributed by atoms with Gasteiger partial charge in [0.05, 0.1) is 27.9 Å². The first-order chi connectivity index (χ1) is 12.9. The van der Waals surface area contributed by atoms with Crippen LogP contribution in [0.5, 0.6) is 0 Å². The maximum absolute atomic E-state index is 12.7. The summed E-state index contributed by atoms with van der Waals surface area (Å²) in [6, 6.07) is 13.4. The number of rotatable bonds is 7. The zero-order valence-electron chi connectivity index (χ0n) is 14.7. The summed E-state index contributed by atoms with van der Waals surface area (Å²) in [5.41, 5.74) is 0. The summed E-state index contributed by atoms with van der Waals surface area (Å²) < 4.78 is 58.3. The molecular weight excluding hydrogens is 388 g/mol. The second-order valence-electron chi connectivity index (χ2n) is 6.14. The van der Waals surface area contributed by atoms with Crippen molar-refractivity contribution in [2.24, 2.45) is 0 Å². The van der Waals surface area contributed by atoms with E-state index in [9.17, 15) is 16.8 Å². The van der Waals surface area contributed by atoms with E-state index in [0.29, 0.717) is 19.8 Å². The molecular formula is C18H22N2O5S2. The molecule has 1 aliphatic rings. The minimum Gasteiger partial charge on any atom is -0.379 e. The largest absolute Gasteiger partial charge is 0.379 e. The molecule has 0 amide bonds. The minimum atomic E-state index is -3.80. The highest BCUT2D eigenvalue weighted by atomic mass is 32.2. The van der Waals surface area contributed by atoms with Gasteiger partial charge >= 0.3 is 0 Å². The van der Waals surface area contributed by atoms with Crippen molar-refractivity contribution in [1.29, 1.82) is 0 Å². The molecule has 1 fully saturated rings. The fraction of sp³-hybridized carbons (Fsp3) is 0.333. The first kappa shape index (κ1) is 20.0. The van der Waals surface area contributed by atoms with Gasteiger partial charge in [-0.15, -0.1) is 0 Å². The molecule has 0 saturated carbocycles. The van der Waals surface area contributed by atoms with Crippen LogP contribution in [-0.2, 0) is 24.6 Å². The molecule has 7 nitrogen and oxygen atoms in total. The molecule has 9 heteroatoms. The quantitative estimate of drug-likeness (QED) is 0.736. The molecule has 0 unspecified atom stereocenters. The molecule has 2 aromatic carbocycles. The standard InChI is InChI=1S/C18H22N2O5S2/c21-26(22,16-5-2-1-3-6-16)17-7-4-8-18(15-17)27(23,24)19-9-10-20-11-13-25-14-12-20/h1-8,15,19H,9-14H2. The molecule has 2 aromatic rings. The van der Waals surface area contributed by atoms with Gasteiger partial charge in [-0.2, -0.15) is 0 Å². The number of sulfonamides is 1. The van der Waals surface area contributed by atoms with Crippen LogP contribution in [0.4, 0.5) is 0 Å². The van der Waals surface area contributed by atoms with Crippen LogP contribution >= 0.6 is 0 Å². The smallest absolute Gasteiger partial charge is 0.240 e. The van der Waals surface area contributed by atoms with Crippen molar-refractivity contribution in [3.8, 4) is 0 Å². The van der Waals surface area contributed by atoms with Crippen LogP contribution in [0.1, 0.15) is 0 Å². The lowest BCUT2D eigenvalue weighted by molar-refractivity contribution is 0.0390. The third-order valence-corrected chi connectivity index (χ3v) is 7.53. The third-order valence-electron chi connectivity index (χ3n) is 4.30. The Morgan fingerprint density at radius 3 is 2.19 bits per heavy atom. The Labute approximate surface area is 159 Å². The lowest BCUT2D eigenvalue weighted by atomic mass is 10.4. The van der Waals surface area contributed by atoms with Gasteiger partial charge in [-0.25, -0.2) is 21.6 Å². The highest BCUT2D eigenvalue weighted by molar-refractivity contribution is 7.91. The van der Waals surface area contributed by atoms with Crippen molar-refractivity contribution < 1.29 is 21.6 Å². The van der Waals surface area contributed by atoms with Crippen molar-refractivity contribution in [2.75, 3.05) is 39.4 Å². The zero-order chi connectivity index (χ0) is 19.3. The van der Waals surface area contributed by atoms with Crippen molar-refractivity contribution >= 4 is 19.9 Å². The summed E-state index contributed by atoms with van der Waals surface area (Å²) in [4.78, 5) is 2.12. The van der Waals surface area contributed by atoms with E-state index in [2.05, 4.69) is 9.62 Å². The fourth-order valence-corrected chi connectivity index (χ4v) is 5.26. The Bertz CT molecular complexity index is 970. The molecule has 0 aromatic heterocycles. The maximum atomic E-state index is 12.7. The van der Waals surface area contributed by atoms with E-state index in [1.165, 1.54) is 36.4 Å². The lowest BCUT2D eigenvalue weighted by Gasteiger charge is -2.26. The SMILES string of the molecule is O=S(=O)(NCCN1CCOCC1)c1cccc(S(=O)(=O)c2ccccc2)c1. The van der Waals surface area contributed by atoms with E-state index in [1.807, 2.05) is 0 Å². The van der Waals surface area contributed by atoms with Crippen LogP contribution in [0, 0.1) is 0 Å². The molecule has 146 valence electrons. The number of nitrogens with one attached hydrogen (secondary N) is 1. The molecule has 1 N–H and O–H groups in total. The first-order valence-corrected chi connectivity index (χ1v) is 11.6. The van der Waals surface area contributed by atoms with E-state index < -0.39 is 19.9 Å². The van der Waals surface area contributed by atoms with E-state index in [4.69, 9.17) is 4.74 Å². The number of hydrogen-bond donors (Lipinski definition) is 1. The highest BCUT2D eigenvalue weighted by Gasteiger charge is 2.21. The van der Waals surface area contributed by atoms with Crippen LogP contribution in [0.2, 0.25) is 0 Å². The number of benzene rings is 2. The molecule has 1 heterocycles. The van der Waals surface area contributed by atoms with Crippen LogP contribution in [0.25, 0.3) is 0 Å². The zero-order valence-corrected chi connectivity index (χ0v) is 16.4. The average Bonchev–Trinajstić information content (AvgIpc) is 2.69. The summed E-state index contributed by atoms with van der Waals surface area (Å²) in [6.45, 7) is 3.65. The molecule has 0 aliphatic carbocycles. The topological polar surface area (TPSA) is 92.8 Å². The first-order valence-electron chi connectivity index (χ1n) is 8.59. The van der Waals surface area contributed by atoms with E-state index >= 15 is 0 Å². The van der Waals surface area contributed by atoms with Crippen molar-refractivity contribution in [3.63, 3.8) is 0 Å². The van der Waals surface area contributed by atoms with E-state index in [-0.39, 0.29) is 21.2 Å². The van der Waals surface area contributed by atoms with Gasteiger partial charge in [0, 0.05) is 26.2 Å². The summed E-state index contributed by atoms with van der Waals surface area (Å²) in [5.74, 6) is 0. The summed E-state index contributed by atoms with van der Waals surface area (Å²) in [6.07, 6.45) is 0. The number of morpholine rings is 1. The monoisotopic (exact) mass is 410 g/mol. The molecule has 0 radical (unpaired) electrons. The van der Waals surface area contributed by atoms with Gasteiger partial charge in [0.1, 0.15) is 0 Å². The maximum Gasteiger partial charge on any atom is 0.240 e. The minimum absolute atomic E-state index is 0.0512. The fourth-order valence-electron chi connectivity index (χ4n) is 2.79. The van der Waals surface area contributed by atoms with Gasteiger partial charge in [-0.1, -0.05) is 24.3 Å². The van der Waals surface area contributed by atoms with Crippen molar-refractivity contribution in [2.45, 2.75) is 14.7 Å². The van der Waals surface area contributed by atoms with Gasteiger partial charge in [0.25, 0.3) is 0 Å². The molecule has 0 bridgehead atoms. The highest BCUT2D eigenvalue weighted by Crippen LogP contribution is 2.22. The number of hydrogen-bond acceptors (Lipinski definition) is 6. The van der Waals surface area contributed by atoms with E-state index in [0.717, 1.165) is 13.1 Å². The molecule has 3 rings (SSSR count). The Hall–Kier alpha value is -1.78. The Morgan fingerprint density at radius 2 is 1.48 bits per heavy atom. The van der Waals surface area contributed by atoms with Crippen LogP contribution < -0.4 is 4.72 Å². The van der Waals surface area contributed by atoms with Gasteiger partial charge in [0.15, 0.2) is 0 Å². The number of sulfone groups is 1. The Morgan fingerprint density at radius 1 is 0.852 bits per heavy atom. The van der Waals surface area contributed by atoms with E-state index in [1.54, 1.807) is 18.2 Å². The molecule has 27 heavy (non-hydrogen) atoms. The molecule has 0 spiro atoms. The Kier molecular flexibility index (Phi) is 6.28. The van der Waals surface area contributed by atoms with Gasteiger partial charge in [-0.3, -0.25) is 4.90 Å².